The number of nitrogens with zero attached hydrogens (tertiary/aromatic N) is 3. The highest BCUT2D eigenvalue weighted by atomic mass is 35.5. The molecular weight excluding hydrogens is 440 g/mol. The van der Waals surface area contributed by atoms with Crippen molar-refractivity contribution in [1.29, 1.82) is 5.26 Å². The monoisotopic (exact) mass is 466 g/mol. The first kappa shape index (κ1) is 21.4. The largest absolute Gasteiger partial charge is 0.369 e. The van der Waals surface area contributed by atoms with Crippen LogP contribution in [0.2, 0.25) is 5.02 Å². The Hall–Kier alpha value is -2.40. The Kier molecular flexibility index (Phi) is 6.18. The number of thiophene rings is 1. The second-order valence-electron chi connectivity index (χ2n) is 9.07. The molecule has 2 aromatic heterocycles. The summed E-state index contributed by atoms with van der Waals surface area (Å²) in [5, 5.41) is 20.3. The minimum absolute atomic E-state index is 0.368. The molecule has 0 saturated heterocycles. The molecule has 4 atom stereocenters. The molecule has 2 aliphatic carbocycles. The number of rotatable bonds is 6. The zero-order valence-electron chi connectivity index (χ0n) is 17.9. The van der Waals surface area contributed by atoms with Gasteiger partial charge >= 0.3 is 0 Å². The van der Waals surface area contributed by atoms with Gasteiger partial charge in [-0.25, -0.2) is 4.98 Å². The average molecular weight is 467 g/mol. The number of aromatic nitrogens is 2. The first-order valence-corrected chi connectivity index (χ1v) is 12.5. The summed E-state index contributed by atoms with van der Waals surface area (Å²) in [4.78, 5) is 8.94. The third-order valence-corrected chi connectivity index (χ3v) is 8.28. The van der Waals surface area contributed by atoms with E-state index in [2.05, 4.69) is 32.1 Å². The molecule has 2 bridgehead atoms. The van der Waals surface area contributed by atoms with Crippen LogP contribution in [0.5, 0.6) is 0 Å². The normalized spacial score (nSPS) is 24.8. The number of fused-ring (bicyclic) bond motifs is 3. The van der Waals surface area contributed by atoms with E-state index in [1.54, 1.807) is 17.5 Å². The number of halogens is 1. The van der Waals surface area contributed by atoms with Crippen molar-refractivity contribution in [3.63, 3.8) is 0 Å². The first-order valence-electron chi connectivity index (χ1n) is 11.3. The van der Waals surface area contributed by atoms with Crippen LogP contribution in [0.1, 0.15) is 43.2 Å². The highest BCUT2D eigenvalue weighted by Crippen LogP contribution is 2.41. The molecule has 1 unspecified atom stereocenters. The van der Waals surface area contributed by atoms with E-state index in [1.165, 1.54) is 24.0 Å². The van der Waals surface area contributed by atoms with Gasteiger partial charge in [0.15, 0.2) is 0 Å². The van der Waals surface area contributed by atoms with E-state index in [-0.39, 0.29) is 0 Å². The highest BCUT2D eigenvalue weighted by Gasteiger charge is 2.37. The van der Waals surface area contributed by atoms with Gasteiger partial charge in [0.05, 0.1) is 6.20 Å². The van der Waals surface area contributed by atoms with Crippen LogP contribution in [0.15, 0.2) is 29.8 Å². The van der Waals surface area contributed by atoms with Gasteiger partial charge in [-0.15, -0.1) is 11.3 Å². The van der Waals surface area contributed by atoms with Crippen molar-refractivity contribution in [2.24, 2.45) is 23.5 Å². The van der Waals surface area contributed by atoms with Crippen LogP contribution in [-0.2, 0) is 6.54 Å². The standard InChI is InChI=1S/C24H27ClN6S/c25-19-4-5-21-20(8-19)18(13-32-21)12-30-24-29-11-17(9-26)23(31-24)28-10-14-6-15-2-1-3-16(7-14)22(15)27/h4-5,8,11,13-16,22H,1-3,6-7,10,12,27H2,(H2,28,29,30,31)/t14?,15-,16+,22-. The first-order chi connectivity index (χ1) is 15.6. The third-order valence-electron chi connectivity index (χ3n) is 7.03. The molecule has 166 valence electrons. The quantitative estimate of drug-likeness (QED) is 0.450. The van der Waals surface area contributed by atoms with Gasteiger partial charge in [-0.05, 0) is 78.0 Å². The molecule has 2 fully saturated rings. The van der Waals surface area contributed by atoms with E-state index in [4.69, 9.17) is 17.3 Å². The summed E-state index contributed by atoms with van der Waals surface area (Å²) in [6, 6.07) is 8.52. The summed E-state index contributed by atoms with van der Waals surface area (Å²) < 4.78 is 1.20. The minimum atomic E-state index is 0.368. The minimum Gasteiger partial charge on any atom is -0.369 e. The number of hydrogen-bond acceptors (Lipinski definition) is 7. The second kappa shape index (κ2) is 9.22. The molecule has 6 nitrogen and oxygen atoms in total. The summed E-state index contributed by atoms with van der Waals surface area (Å²) in [7, 11) is 0. The topological polar surface area (TPSA) is 99.6 Å². The molecule has 2 aliphatic rings. The predicted molar refractivity (Wildman–Crippen MR) is 131 cm³/mol. The fourth-order valence-corrected chi connectivity index (χ4v) is 6.49. The van der Waals surface area contributed by atoms with Crippen molar-refractivity contribution in [2.45, 2.75) is 44.7 Å². The number of nitriles is 1. The molecule has 0 radical (unpaired) electrons. The van der Waals surface area contributed by atoms with Gasteiger partial charge in [-0.2, -0.15) is 10.2 Å². The lowest BCUT2D eigenvalue weighted by molar-refractivity contribution is 0.112. The maximum atomic E-state index is 9.52. The van der Waals surface area contributed by atoms with Crippen LogP contribution in [-0.4, -0.2) is 22.6 Å². The van der Waals surface area contributed by atoms with Crippen LogP contribution in [0.25, 0.3) is 10.1 Å². The Bertz CT molecular complexity index is 1140. The molecular formula is C24H27ClN6S. The summed E-state index contributed by atoms with van der Waals surface area (Å²) in [5.41, 5.74) is 8.06. The fourth-order valence-electron chi connectivity index (χ4n) is 5.37. The number of nitrogens with two attached hydrogens (primary N) is 1. The lowest BCUT2D eigenvalue weighted by Crippen LogP contribution is -2.47. The molecule has 5 rings (SSSR count). The van der Waals surface area contributed by atoms with Crippen molar-refractivity contribution in [3.8, 4) is 6.07 Å². The Morgan fingerprint density at radius 3 is 2.81 bits per heavy atom. The van der Waals surface area contributed by atoms with E-state index < -0.39 is 0 Å². The van der Waals surface area contributed by atoms with Gasteiger partial charge in [-0.1, -0.05) is 18.0 Å². The summed E-state index contributed by atoms with van der Waals surface area (Å²) in [6.45, 7) is 1.41. The van der Waals surface area contributed by atoms with Gasteiger partial charge in [0.2, 0.25) is 5.95 Å². The van der Waals surface area contributed by atoms with Crippen LogP contribution in [0.4, 0.5) is 11.8 Å². The number of benzene rings is 1. The van der Waals surface area contributed by atoms with Crippen molar-refractivity contribution in [3.05, 3.63) is 45.9 Å². The molecule has 4 N–H and O–H groups in total. The van der Waals surface area contributed by atoms with E-state index in [9.17, 15) is 5.26 Å². The smallest absolute Gasteiger partial charge is 0.224 e. The van der Waals surface area contributed by atoms with E-state index in [0.717, 1.165) is 35.4 Å². The molecule has 0 aliphatic heterocycles. The van der Waals surface area contributed by atoms with E-state index in [0.29, 0.717) is 47.7 Å². The summed E-state index contributed by atoms with van der Waals surface area (Å²) in [6.07, 6.45) is 7.73. The Balaban J connectivity index is 1.25. The third kappa shape index (κ3) is 4.40. The van der Waals surface area contributed by atoms with Crippen molar-refractivity contribution < 1.29 is 0 Å². The Morgan fingerprint density at radius 1 is 1.22 bits per heavy atom. The second-order valence-corrected chi connectivity index (χ2v) is 10.4. The number of anilines is 2. The lowest BCUT2D eigenvalue weighted by atomic mass is 9.65. The van der Waals surface area contributed by atoms with Gasteiger partial charge in [-0.3, -0.25) is 0 Å². The van der Waals surface area contributed by atoms with E-state index in [1.807, 2.05) is 18.2 Å². The average Bonchev–Trinajstić information content (AvgIpc) is 3.18. The van der Waals surface area contributed by atoms with Crippen LogP contribution < -0.4 is 16.4 Å². The maximum absolute atomic E-state index is 9.52. The van der Waals surface area contributed by atoms with Crippen LogP contribution >= 0.6 is 22.9 Å². The molecule has 0 spiro atoms. The summed E-state index contributed by atoms with van der Waals surface area (Å²) in [5.74, 6) is 2.96. The van der Waals surface area contributed by atoms with Crippen molar-refractivity contribution >= 4 is 44.8 Å². The summed E-state index contributed by atoms with van der Waals surface area (Å²) >= 11 is 7.86. The highest BCUT2D eigenvalue weighted by molar-refractivity contribution is 7.17. The Labute approximate surface area is 197 Å². The van der Waals surface area contributed by atoms with Crippen molar-refractivity contribution in [2.75, 3.05) is 17.2 Å². The maximum Gasteiger partial charge on any atom is 0.224 e. The van der Waals surface area contributed by atoms with Gasteiger partial charge in [0.1, 0.15) is 17.5 Å². The van der Waals surface area contributed by atoms with E-state index >= 15 is 0 Å². The molecule has 0 amide bonds. The van der Waals surface area contributed by atoms with Gasteiger partial charge in [0, 0.05) is 28.9 Å². The zero-order valence-corrected chi connectivity index (χ0v) is 19.4. The molecule has 2 saturated carbocycles. The number of nitrogens with one attached hydrogen (secondary N) is 2. The molecule has 8 heteroatoms. The fraction of sp³-hybridized carbons (Fsp3) is 0.458. The predicted octanol–water partition coefficient (Wildman–Crippen LogP) is 5.39. The van der Waals surface area contributed by atoms with Crippen LogP contribution in [0, 0.1) is 29.1 Å². The van der Waals surface area contributed by atoms with Crippen molar-refractivity contribution in [1.82, 2.24) is 9.97 Å². The zero-order chi connectivity index (χ0) is 22.1. The Morgan fingerprint density at radius 2 is 2.03 bits per heavy atom. The number of hydrogen-bond donors (Lipinski definition) is 3. The van der Waals surface area contributed by atoms with Gasteiger partial charge < -0.3 is 16.4 Å². The lowest BCUT2D eigenvalue weighted by Gasteiger charge is -2.44. The molecule has 2 heterocycles. The SMILES string of the molecule is N#Cc1cnc(NCc2csc3ccc(Cl)cc23)nc1NCC1C[C@H]2CCC[C@@H](C1)[C@@H]2N. The molecule has 3 aromatic rings. The van der Waals surface area contributed by atoms with Crippen LogP contribution in [0.3, 0.4) is 0 Å². The van der Waals surface area contributed by atoms with Gasteiger partial charge in [0.25, 0.3) is 0 Å². The molecule has 32 heavy (non-hydrogen) atoms. The molecule has 1 aromatic carbocycles.